The summed E-state index contributed by atoms with van der Waals surface area (Å²) in [4.78, 5) is 11.7. The molecule has 90 valence electrons. The van der Waals surface area contributed by atoms with E-state index in [9.17, 15) is 4.79 Å². The third-order valence-corrected chi connectivity index (χ3v) is 2.68. The average molecular weight is 214 g/mol. The monoisotopic (exact) mass is 214 g/mol. The highest BCUT2D eigenvalue weighted by molar-refractivity contribution is 5.75. The number of hydrogen-bond donors (Lipinski definition) is 0. The van der Waals surface area contributed by atoms with Gasteiger partial charge in [-0.2, -0.15) is 0 Å². The van der Waals surface area contributed by atoms with Crippen LogP contribution in [0.3, 0.4) is 0 Å². The molecule has 2 heteroatoms. The van der Waals surface area contributed by atoms with Gasteiger partial charge in [0.1, 0.15) is 0 Å². The molecule has 0 aromatic rings. The van der Waals surface area contributed by atoms with Crippen molar-refractivity contribution < 1.29 is 9.53 Å². The molecule has 0 saturated heterocycles. The van der Waals surface area contributed by atoms with Crippen LogP contribution in [0.2, 0.25) is 0 Å². The first-order valence-electron chi connectivity index (χ1n) is 5.92. The Morgan fingerprint density at radius 3 is 2.07 bits per heavy atom. The van der Waals surface area contributed by atoms with Crippen molar-refractivity contribution in [2.75, 3.05) is 6.61 Å². The van der Waals surface area contributed by atoms with Gasteiger partial charge in [-0.25, -0.2) is 0 Å². The van der Waals surface area contributed by atoms with Gasteiger partial charge in [0.2, 0.25) is 0 Å². The summed E-state index contributed by atoms with van der Waals surface area (Å²) in [5.74, 6) is -0.0748. The lowest BCUT2D eigenvalue weighted by molar-refractivity contribution is -0.155. The van der Waals surface area contributed by atoms with Gasteiger partial charge in [-0.1, -0.05) is 27.2 Å². The van der Waals surface area contributed by atoms with Crippen LogP contribution in [-0.4, -0.2) is 12.6 Å². The lowest BCUT2D eigenvalue weighted by Crippen LogP contribution is -2.32. The Balaban J connectivity index is 4.41. The van der Waals surface area contributed by atoms with Crippen molar-refractivity contribution in [2.24, 2.45) is 10.8 Å². The first-order valence-corrected chi connectivity index (χ1v) is 5.92. The molecule has 0 spiro atoms. The maximum atomic E-state index is 11.7. The fourth-order valence-electron chi connectivity index (χ4n) is 2.36. The lowest BCUT2D eigenvalue weighted by Gasteiger charge is -2.33. The summed E-state index contributed by atoms with van der Waals surface area (Å²) in [6, 6.07) is 0. The first kappa shape index (κ1) is 14.5. The van der Waals surface area contributed by atoms with E-state index in [2.05, 4.69) is 20.8 Å². The van der Waals surface area contributed by atoms with E-state index in [4.69, 9.17) is 4.74 Å². The Morgan fingerprint density at radius 1 is 1.13 bits per heavy atom. The predicted molar refractivity (Wildman–Crippen MR) is 63.7 cm³/mol. The van der Waals surface area contributed by atoms with Gasteiger partial charge < -0.3 is 4.74 Å². The van der Waals surface area contributed by atoms with Crippen molar-refractivity contribution >= 4 is 5.97 Å². The molecule has 0 N–H and O–H groups in total. The van der Waals surface area contributed by atoms with E-state index in [-0.39, 0.29) is 16.8 Å². The molecule has 0 heterocycles. The minimum Gasteiger partial charge on any atom is -0.466 e. The SMILES string of the molecule is CCCC(C)(C)CC(C)(C)C(=O)OCC. The summed E-state index contributed by atoms with van der Waals surface area (Å²) < 4.78 is 5.09. The summed E-state index contributed by atoms with van der Waals surface area (Å²) in [5, 5.41) is 0. The molecule has 0 aromatic carbocycles. The topological polar surface area (TPSA) is 26.3 Å². The molecule has 0 aromatic heterocycles. The quantitative estimate of drug-likeness (QED) is 0.629. The van der Waals surface area contributed by atoms with Gasteiger partial charge in [-0.05, 0) is 39.0 Å². The van der Waals surface area contributed by atoms with Gasteiger partial charge in [0.05, 0.1) is 12.0 Å². The van der Waals surface area contributed by atoms with E-state index in [1.54, 1.807) is 0 Å². The molecule has 0 aliphatic rings. The van der Waals surface area contributed by atoms with Crippen LogP contribution < -0.4 is 0 Å². The minimum absolute atomic E-state index is 0.0748. The van der Waals surface area contributed by atoms with Crippen molar-refractivity contribution in [3.8, 4) is 0 Å². The largest absolute Gasteiger partial charge is 0.466 e. The Bertz CT molecular complexity index is 205. The van der Waals surface area contributed by atoms with Crippen LogP contribution in [-0.2, 0) is 9.53 Å². The summed E-state index contributed by atoms with van der Waals surface area (Å²) in [6.45, 7) is 12.9. The maximum absolute atomic E-state index is 11.7. The van der Waals surface area contributed by atoms with Crippen LogP contribution in [0, 0.1) is 10.8 Å². The van der Waals surface area contributed by atoms with E-state index in [1.165, 1.54) is 0 Å². The smallest absolute Gasteiger partial charge is 0.311 e. The molecule has 0 fully saturated rings. The van der Waals surface area contributed by atoms with Crippen LogP contribution in [0.1, 0.15) is 60.8 Å². The Morgan fingerprint density at radius 2 is 1.67 bits per heavy atom. The van der Waals surface area contributed by atoms with Gasteiger partial charge in [0.25, 0.3) is 0 Å². The van der Waals surface area contributed by atoms with Gasteiger partial charge in [-0.15, -0.1) is 0 Å². The second-order valence-electron chi connectivity index (χ2n) is 5.70. The number of hydrogen-bond acceptors (Lipinski definition) is 2. The third kappa shape index (κ3) is 5.19. The van der Waals surface area contributed by atoms with Crippen LogP contribution >= 0.6 is 0 Å². The van der Waals surface area contributed by atoms with Crippen LogP contribution in [0.25, 0.3) is 0 Å². The van der Waals surface area contributed by atoms with Crippen molar-refractivity contribution in [1.82, 2.24) is 0 Å². The zero-order valence-corrected chi connectivity index (χ0v) is 11.1. The fourth-order valence-corrected chi connectivity index (χ4v) is 2.36. The second-order valence-corrected chi connectivity index (χ2v) is 5.70. The highest BCUT2D eigenvalue weighted by Gasteiger charge is 2.35. The summed E-state index contributed by atoms with van der Waals surface area (Å²) in [6.07, 6.45) is 3.19. The molecular formula is C13H26O2. The summed E-state index contributed by atoms with van der Waals surface area (Å²) >= 11 is 0. The van der Waals surface area contributed by atoms with Gasteiger partial charge in [-0.3, -0.25) is 4.79 Å². The second kappa shape index (κ2) is 5.53. The molecule has 0 bridgehead atoms. The van der Waals surface area contributed by atoms with Crippen molar-refractivity contribution in [3.63, 3.8) is 0 Å². The molecule has 0 aliphatic carbocycles. The van der Waals surface area contributed by atoms with E-state index in [1.807, 2.05) is 20.8 Å². The molecule has 15 heavy (non-hydrogen) atoms. The molecule has 0 amide bonds. The number of rotatable bonds is 6. The average Bonchev–Trinajstić information content (AvgIpc) is 2.01. The lowest BCUT2D eigenvalue weighted by atomic mass is 9.73. The minimum atomic E-state index is -0.366. The fraction of sp³-hybridized carbons (Fsp3) is 0.923. The standard InChI is InChI=1S/C13H26O2/c1-7-9-12(3,4)10-13(5,6)11(14)15-8-2/h7-10H2,1-6H3. The van der Waals surface area contributed by atoms with Crippen LogP contribution in [0.5, 0.6) is 0 Å². The van der Waals surface area contributed by atoms with Gasteiger partial charge >= 0.3 is 5.97 Å². The van der Waals surface area contributed by atoms with E-state index in [0.29, 0.717) is 6.61 Å². The van der Waals surface area contributed by atoms with Gasteiger partial charge in [0.15, 0.2) is 0 Å². The Hall–Kier alpha value is -0.530. The molecule has 2 nitrogen and oxygen atoms in total. The predicted octanol–water partition coefficient (Wildman–Crippen LogP) is 3.79. The number of esters is 1. The van der Waals surface area contributed by atoms with Crippen molar-refractivity contribution in [3.05, 3.63) is 0 Å². The normalized spacial score (nSPS) is 12.7. The van der Waals surface area contributed by atoms with E-state index in [0.717, 1.165) is 19.3 Å². The van der Waals surface area contributed by atoms with E-state index < -0.39 is 0 Å². The van der Waals surface area contributed by atoms with Crippen LogP contribution in [0.15, 0.2) is 0 Å². The zero-order chi connectivity index (χ0) is 12.1. The number of carbonyl (C=O) groups excluding carboxylic acids is 1. The Kier molecular flexibility index (Phi) is 5.33. The van der Waals surface area contributed by atoms with Crippen LogP contribution in [0.4, 0.5) is 0 Å². The van der Waals surface area contributed by atoms with Gasteiger partial charge in [0, 0.05) is 0 Å². The highest BCUT2D eigenvalue weighted by Crippen LogP contribution is 2.37. The first-order chi connectivity index (χ1) is 6.75. The molecule has 0 unspecified atom stereocenters. The maximum Gasteiger partial charge on any atom is 0.311 e. The molecule has 0 aliphatic heterocycles. The summed E-state index contributed by atoms with van der Waals surface area (Å²) in [5.41, 5.74) is -0.153. The van der Waals surface area contributed by atoms with Crippen molar-refractivity contribution in [1.29, 1.82) is 0 Å². The molecular weight excluding hydrogens is 188 g/mol. The zero-order valence-electron chi connectivity index (χ0n) is 11.1. The molecule has 0 rings (SSSR count). The highest BCUT2D eigenvalue weighted by atomic mass is 16.5. The van der Waals surface area contributed by atoms with E-state index >= 15 is 0 Å². The summed E-state index contributed by atoms with van der Waals surface area (Å²) in [7, 11) is 0. The van der Waals surface area contributed by atoms with Crippen molar-refractivity contribution in [2.45, 2.75) is 60.8 Å². The third-order valence-electron chi connectivity index (χ3n) is 2.68. The molecule has 0 atom stereocenters. The molecule has 0 radical (unpaired) electrons. The number of ether oxygens (including phenoxy) is 1. The Labute approximate surface area is 94.4 Å². The molecule has 0 saturated carbocycles. The number of carbonyl (C=O) groups is 1.